The van der Waals surface area contributed by atoms with Crippen molar-refractivity contribution in [2.45, 2.75) is 32.4 Å². The molecule has 1 N–H and O–H groups in total. The van der Waals surface area contributed by atoms with Gasteiger partial charge in [-0.3, -0.25) is 4.79 Å². The van der Waals surface area contributed by atoms with Crippen molar-refractivity contribution >= 4 is 21.7 Å². The number of nitrogens with one attached hydrogen (secondary N) is 1. The molecule has 33 heavy (non-hydrogen) atoms. The first-order valence-corrected chi connectivity index (χ1v) is 12.2. The maximum Gasteiger partial charge on any atom is 0.338 e. The lowest BCUT2D eigenvalue weighted by Crippen LogP contribution is -2.42. The lowest BCUT2D eigenvalue weighted by molar-refractivity contribution is -0.129. The quantitative estimate of drug-likeness (QED) is 0.546. The maximum absolute atomic E-state index is 12.4. The molecule has 1 aliphatic heterocycles. The highest BCUT2D eigenvalue weighted by Gasteiger charge is 2.30. The number of aromatic nitrogens is 2. The summed E-state index contributed by atoms with van der Waals surface area (Å²) in [5, 5.41) is 10.7. The Morgan fingerprint density at radius 2 is 1.61 bits per heavy atom. The highest BCUT2D eigenvalue weighted by molar-refractivity contribution is 7.91. The molecule has 1 amide bonds. The van der Waals surface area contributed by atoms with Crippen LogP contribution in [0.1, 0.15) is 29.3 Å². The highest BCUT2D eigenvalue weighted by Crippen LogP contribution is 2.24. The van der Waals surface area contributed by atoms with Gasteiger partial charge in [0.15, 0.2) is 15.9 Å². The van der Waals surface area contributed by atoms with Crippen molar-refractivity contribution in [2.75, 3.05) is 11.5 Å². The molecule has 0 aliphatic carbocycles. The summed E-state index contributed by atoms with van der Waals surface area (Å²) in [5.74, 6) is -0.550. The van der Waals surface area contributed by atoms with Gasteiger partial charge >= 0.3 is 5.97 Å². The van der Waals surface area contributed by atoms with E-state index >= 15 is 0 Å². The van der Waals surface area contributed by atoms with Crippen LogP contribution in [0.4, 0.5) is 0 Å². The van der Waals surface area contributed by atoms with Crippen LogP contribution in [-0.4, -0.2) is 54.1 Å². The highest BCUT2D eigenvalue weighted by atomic mass is 32.2. The van der Waals surface area contributed by atoms with Gasteiger partial charge < -0.3 is 14.5 Å². The Morgan fingerprint density at radius 3 is 2.15 bits per heavy atom. The molecule has 2 heterocycles. The van der Waals surface area contributed by atoms with Crippen LogP contribution in [0.15, 0.2) is 52.9 Å². The molecule has 172 valence electrons. The van der Waals surface area contributed by atoms with Gasteiger partial charge in [0.1, 0.15) is 0 Å². The average molecular weight is 470 g/mol. The van der Waals surface area contributed by atoms with Gasteiger partial charge in [-0.25, -0.2) is 13.2 Å². The van der Waals surface area contributed by atoms with E-state index in [1.807, 2.05) is 31.2 Å². The predicted octanol–water partition coefficient (Wildman–Crippen LogP) is 2.56. The number of hydrogen-bond acceptors (Lipinski definition) is 8. The Kier molecular flexibility index (Phi) is 6.28. The number of sulfone groups is 1. The largest absolute Gasteiger partial charge is 0.449 e. The van der Waals surface area contributed by atoms with Gasteiger partial charge in [-0.15, -0.1) is 10.2 Å². The number of carbonyl (C=O) groups is 2. The zero-order valence-corrected chi connectivity index (χ0v) is 19.0. The average Bonchev–Trinajstić information content (AvgIpc) is 3.41. The van der Waals surface area contributed by atoms with Gasteiger partial charge in [0, 0.05) is 17.2 Å². The van der Waals surface area contributed by atoms with Crippen molar-refractivity contribution in [2.24, 2.45) is 0 Å². The molecule has 1 fully saturated rings. The molecule has 0 saturated carbocycles. The van der Waals surface area contributed by atoms with Gasteiger partial charge in [-0.05, 0) is 56.7 Å². The van der Waals surface area contributed by atoms with Crippen molar-refractivity contribution in [1.82, 2.24) is 15.5 Å². The van der Waals surface area contributed by atoms with Crippen LogP contribution in [-0.2, 0) is 19.4 Å². The maximum atomic E-state index is 12.4. The monoisotopic (exact) mass is 469 g/mol. The molecule has 0 bridgehead atoms. The van der Waals surface area contributed by atoms with Crippen LogP contribution in [0.2, 0.25) is 0 Å². The van der Waals surface area contributed by atoms with Crippen LogP contribution < -0.4 is 5.32 Å². The summed E-state index contributed by atoms with van der Waals surface area (Å²) >= 11 is 0. The van der Waals surface area contributed by atoms with Crippen LogP contribution in [0.5, 0.6) is 0 Å². The standard InChI is InChI=1S/C23H23N3O6S/c1-14-3-5-16(6-4-14)21-25-26-22(32-21)17-7-9-18(10-8-17)23(28)31-15(2)20(27)24-19-11-12-33(29,30)13-19/h3-10,15,19H,11-13H2,1-2H3,(H,24,27)/t15-,19-/m0/s1. The lowest BCUT2D eigenvalue weighted by atomic mass is 10.1. The first kappa shape index (κ1) is 22.7. The first-order valence-electron chi connectivity index (χ1n) is 10.4. The minimum atomic E-state index is -3.12. The van der Waals surface area contributed by atoms with Gasteiger partial charge in [0.25, 0.3) is 5.91 Å². The fourth-order valence-corrected chi connectivity index (χ4v) is 5.08. The SMILES string of the molecule is Cc1ccc(-c2nnc(-c3ccc(C(=O)O[C@@H](C)C(=O)N[C@H]4CCS(=O)(=O)C4)cc3)o2)cc1. The summed E-state index contributed by atoms with van der Waals surface area (Å²) < 4.78 is 34.0. The van der Waals surface area contributed by atoms with Gasteiger partial charge in [-0.1, -0.05) is 17.7 Å². The van der Waals surface area contributed by atoms with Crippen molar-refractivity contribution in [1.29, 1.82) is 0 Å². The van der Waals surface area contributed by atoms with E-state index in [-0.39, 0.29) is 17.1 Å². The molecule has 2 aromatic carbocycles. The summed E-state index contributed by atoms with van der Waals surface area (Å²) in [6, 6.07) is 13.6. The number of aryl methyl sites for hydroxylation is 1. The third-order valence-corrected chi connectivity index (χ3v) is 7.09. The minimum Gasteiger partial charge on any atom is -0.449 e. The number of benzene rings is 2. The third-order valence-electron chi connectivity index (χ3n) is 5.32. The topological polar surface area (TPSA) is 128 Å². The predicted molar refractivity (Wildman–Crippen MR) is 120 cm³/mol. The van der Waals surface area contributed by atoms with Gasteiger partial charge in [0.05, 0.1) is 17.1 Å². The summed E-state index contributed by atoms with van der Waals surface area (Å²) in [5.41, 5.74) is 2.81. The Bertz CT molecular complexity index is 1270. The summed E-state index contributed by atoms with van der Waals surface area (Å²) in [7, 11) is -3.12. The van der Waals surface area contributed by atoms with Crippen LogP contribution >= 0.6 is 0 Å². The van der Waals surface area contributed by atoms with E-state index in [9.17, 15) is 18.0 Å². The summed E-state index contributed by atoms with van der Waals surface area (Å²) in [6.45, 7) is 3.43. The van der Waals surface area contributed by atoms with E-state index in [1.54, 1.807) is 24.3 Å². The molecule has 1 saturated heterocycles. The van der Waals surface area contributed by atoms with E-state index in [4.69, 9.17) is 9.15 Å². The second-order valence-corrected chi connectivity index (χ2v) is 10.2. The number of hydrogen-bond donors (Lipinski definition) is 1. The second kappa shape index (κ2) is 9.14. The Labute approximate surface area is 191 Å². The summed E-state index contributed by atoms with van der Waals surface area (Å²) in [4.78, 5) is 24.7. The van der Waals surface area contributed by atoms with E-state index in [1.165, 1.54) is 6.92 Å². The molecule has 0 spiro atoms. The van der Waals surface area contributed by atoms with Crippen molar-refractivity contribution in [3.63, 3.8) is 0 Å². The lowest BCUT2D eigenvalue weighted by Gasteiger charge is -2.16. The van der Waals surface area contributed by atoms with E-state index in [0.29, 0.717) is 23.8 Å². The van der Waals surface area contributed by atoms with Gasteiger partial charge in [-0.2, -0.15) is 0 Å². The molecule has 10 heteroatoms. The minimum absolute atomic E-state index is 0.0466. The Balaban J connectivity index is 1.36. The molecular weight excluding hydrogens is 446 g/mol. The summed E-state index contributed by atoms with van der Waals surface area (Å²) in [6.07, 6.45) is -0.703. The van der Waals surface area contributed by atoms with Crippen LogP contribution in [0.3, 0.4) is 0 Å². The first-order chi connectivity index (χ1) is 15.7. The number of rotatable bonds is 6. The molecule has 1 aromatic heterocycles. The molecule has 4 rings (SSSR count). The van der Waals surface area contributed by atoms with Crippen molar-refractivity contribution in [3.05, 3.63) is 59.7 Å². The second-order valence-electron chi connectivity index (χ2n) is 8.01. The third kappa shape index (κ3) is 5.46. The smallest absolute Gasteiger partial charge is 0.338 e. The van der Waals surface area contributed by atoms with Crippen LogP contribution in [0, 0.1) is 6.92 Å². The number of carbonyl (C=O) groups excluding carboxylic acids is 2. The molecule has 0 unspecified atom stereocenters. The number of ether oxygens (including phenoxy) is 1. The molecule has 9 nitrogen and oxygen atoms in total. The Hall–Kier alpha value is -3.53. The molecular formula is C23H23N3O6S. The molecule has 0 radical (unpaired) electrons. The normalized spacial score (nSPS) is 17.9. The number of esters is 1. The fraction of sp³-hybridized carbons (Fsp3) is 0.304. The Morgan fingerprint density at radius 1 is 1.03 bits per heavy atom. The van der Waals surface area contributed by atoms with E-state index in [2.05, 4.69) is 15.5 Å². The zero-order chi connectivity index (χ0) is 23.6. The van der Waals surface area contributed by atoms with Gasteiger partial charge in [0.2, 0.25) is 11.8 Å². The van der Waals surface area contributed by atoms with Crippen molar-refractivity contribution in [3.8, 4) is 22.9 Å². The van der Waals surface area contributed by atoms with E-state index < -0.39 is 33.9 Å². The van der Waals surface area contributed by atoms with Crippen LogP contribution in [0.25, 0.3) is 22.9 Å². The fourth-order valence-electron chi connectivity index (χ4n) is 3.41. The van der Waals surface area contributed by atoms with Crippen molar-refractivity contribution < 1.29 is 27.2 Å². The van der Waals surface area contributed by atoms with E-state index in [0.717, 1.165) is 11.1 Å². The molecule has 3 aromatic rings. The molecule has 2 atom stereocenters. The number of nitrogens with zero attached hydrogens (tertiary/aromatic N) is 2. The molecule has 1 aliphatic rings. The number of amides is 1. The zero-order valence-electron chi connectivity index (χ0n) is 18.1.